The van der Waals surface area contributed by atoms with Gasteiger partial charge in [-0.2, -0.15) is 0 Å². The molecule has 0 aliphatic carbocycles. The Morgan fingerprint density at radius 3 is 2.80 bits per heavy atom. The summed E-state index contributed by atoms with van der Waals surface area (Å²) < 4.78 is 13.3. The van der Waals surface area contributed by atoms with Gasteiger partial charge in [0.05, 0.1) is 10.7 Å². The fraction of sp³-hybridized carbons (Fsp3) is 0.100. The summed E-state index contributed by atoms with van der Waals surface area (Å²) in [5, 5.41) is 2.06. The van der Waals surface area contributed by atoms with E-state index >= 15 is 0 Å². The van der Waals surface area contributed by atoms with Crippen LogP contribution >= 0.6 is 22.9 Å². The van der Waals surface area contributed by atoms with Gasteiger partial charge >= 0.3 is 4.87 Å². The third-order valence-electron chi connectivity index (χ3n) is 2.06. The first-order chi connectivity index (χ1) is 7.08. The van der Waals surface area contributed by atoms with Crippen LogP contribution in [0.3, 0.4) is 0 Å². The van der Waals surface area contributed by atoms with Crippen molar-refractivity contribution in [3.05, 3.63) is 43.6 Å². The summed E-state index contributed by atoms with van der Waals surface area (Å²) in [6.07, 6.45) is 0. The summed E-state index contributed by atoms with van der Waals surface area (Å²) in [6, 6.07) is 2.87. The van der Waals surface area contributed by atoms with E-state index in [0.717, 1.165) is 11.3 Å². The zero-order valence-electron chi connectivity index (χ0n) is 7.80. The van der Waals surface area contributed by atoms with Crippen molar-refractivity contribution in [1.29, 1.82) is 0 Å². The lowest BCUT2D eigenvalue weighted by molar-refractivity contribution is 0.619. The summed E-state index contributed by atoms with van der Waals surface area (Å²) in [5.74, 6) is -0.332. The van der Waals surface area contributed by atoms with E-state index in [0.29, 0.717) is 21.8 Å². The van der Waals surface area contributed by atoms with E-state index < -0.39 is 0 Å². The van der Waals surface area contributed by atoms with Gasteiger partial charge in [-0.3, -0.25) is 4.79 Å². The molecule has 2 rings (SSSR count). The van der Waals surface area contributed by atoms with Gasteiger partial charge in [-0.15, -0.1) is 0 Å². The smallest absolute Gasteiger partial charge is 0.304 e. The van der Waals surface area contributed by atoms with Crippen molar-refractivity contribution in [3.8, 4) is 11.3 Å². The first-order valence-corrected chi connectivity index (χ1v) is 5.47. The zero-order chi connectivity index (χ0) is 11.0. The van der Waals surface area contributed by atoms with E-state index in [-0.39, 0.29) is 10.7 Å². The number of aromatic amines is 1. The van der Waals surface area contributed by atoms with Crippen molar-refractivity contribution >= 4 is 22.9 Å². The molecule has 2 nitrogen and oxygen atoms in total. The minimum Gasteiger partial charge on any atom is -0.312 e. The predicted molar refractivity (Wildman–Crippen MR) is 60.1 cm³/mol. The summed E-state index contributed by atoms with van der Waals surface area (Å²) in [5.41, 5.74) is 1.55. The molecule has 1 aromatic heterocycles. The highest BCUT2D eigenvalue weighted by Crippen LogP contribution is 2.28. The van der Waals surface area contributed by atoms with Crippen LogP contribution in [0.25, 0.3) is 11.3 Å². The molecular weight excluding hydrogens is 237 g/mol. The van der Waals surface area contributed by atoms with Gasteiger partial charge in [-0.1, -0.05) is 22.9 Å². The quantitative estimate of drug-likeness (QED) is 0.820. The molecule has 1 heterocycles. The van der Waals surface area contributed by atoms with Crippen molar-refractivity contribution in [1.82, 2.24) is 4.98 Å². The van der Waals surface area contributed by atoms with E-state index in [2.05, 4.69) is 4.98 Å². The number of aryl methyl sites for hydroxylation is 1. The lowest BCUT2D eigenvalue weighted by Gasteiger charge is -2.03. The van der Waals surface area contributed by atoms with Crippen molar-refractivity contribution < 1.29 is 4.39 Å². The third-order valence-corrected chi connectivity index (χ3v) is 3.04. The Morgan fingerprint density at radius 2 is 2.20 bits per heavy atom. The van der Waals surface area contributed by atoms with Crippen LogP contribution in [-0.4, -0.2) is 4.98 Å². The molecule has 0 radical (unpaired) electrons. The van der Waals surface area contributed by atoms with E-state index in [1.54, 1.807) is 18.4 Å². The van der Waals surface area contributed by atoms with Crippen LogP contribution < -0.4 is 4.87 Å². The minimum absolute atomic E-state index is 0.179. The van der Waals surface area contributed by atoms with Gasteiger partial charge in [0.1, 0.15) is 5.82 Å². The highest BCUT2D eigenvalue weighted by molar-refractivity contribution is 7.07. The fourth-order valence-electron chi connectivity index (χ4n) is 1.26. The first kappa shape index (κ1) is 10.4. The van der Waals surface area contributed by atoms with Gasteiger partial charge in [-0.05, 0) is 24.6 Å². The molecule has 5 heteroatoms. The Kier molecular flexibility index (Phi) is 2.63. The summed E-state index contributed by atoms with van der Waals surface area (Å²) >= 11 is 6.99. The molecule has 0 aliphatic rings. The van der Waals surface area contributed by atoms with Gasteiger partial charge in [0.15, 0.2) is 0 Å². The van der Waals surface area contributed by atoms with Crippen LogP contribution in [0.15, 0.2) is 22.3 Å². The number of halogens is 2. The van der Waals surface area contributed by atoms with Crippen molar-refractivity contribution in [2.75, 3.05) is 0 Å². The molecule has 1 N–H and O–H groups in total. The molecule has 0 spiro atoms. The highest BCUT2D eigenvalue weighted by Gasteiger charge is 2.09. The molecule has 0 amide bonds. The van der Waals surface area contributed by atoms with Gasteiger partial charge in [-0.25, -0.2) is 4.39 Å². The maximum Gasteiger partial charge on any atom is 0.304 e. The molecule has 78 valence electrons. The van der Waals surface area contributed by atoms with Crippen molar-refractivity contribution in [2.45, 2.75) is 6.92 Å². The second kappa shape index (κ2) is 3.79. The second-order valence-electron chi connectivity index (χ2n) is 3.14. The molecule has 0 atom stereocenters. The van der Waals surface area contributed by atoms with Gasteiger partial charge < -0.3 is 4.98 Å². The summed E-state index contributed by atoms with van der Waals surface area (Å²) in [6.45, 7) is 1.64. The Morgan fingerprint density at radius 1 is 1.47 bits per heavy atom. The SMILES string of the molecule is Cc1cc(Cl)c(-c2csc(=O)[nH]2)cc1F. The molecule has 0 aliphatic heterocycles. The lowest BCUT2D eigenvalue weighted by Crippen LogP contribution is -1.93. The number of hydrogen-bond acceptors (Lipinski definition) is 2. The van der Waals surface area contributed by atoms with E-state index in [4.69, 9.17) is 11.6 Å². The normalized spacial score (nSPS) is 10.6. The van der Waals surface area contributed by atoms with Crippen LogP contribution in [0.2, 0.25) is 5.02 Å². The molecule has 0 fully saturated rings. The van der Waals surface area contributed by atoms with E-state index in [9.17, 15) is 9.18 Å². The molecule has 0 saturated heterocycles. The summed E-state index contributed by atoms with van der Waals surface area (Å²) in [4.78, 5) is 13.4. The minimum atomic E-state index is -0.332. The summed E-state index contributed by atoms with van der Waals surface area (Å²) in [7, 11) is 0. The van der Waals surface area contributed by atoms with Crippen molar-refractivity contribution in [2.24, 2.45) is 0 Å². The van der Waals surface area contributed by atoms with Crippen LogP contribution in [0.5, 0.6) is 0 Å². The maximum absolute atomic E-state index is 13.3. The van der Waals surface area contributed by atoms with Crippen LogP contribution in [0, 0.1) is 12.7 Å². The molecule has 0 saturated carbocycles. The van der Waals surface area contributed by atoms with Gasteiger partial charge in [0, 0.05) is 10.9 Å². The lowest BCUT2D eigenvalue weighted by atomic mass is 10.1. The number of benzene rings is 1. The number of aromatic nitrogens is 1. The molecular formula is C10H7ClFNOS. The second-order valence-corrected chi connectivity index (χ2v) is 4.39. The topological polar surface area (TPSA) is 32.9 Å². The van der Waals surface area contributed by atoms with E-state index in [1.807, 2.05) is 0 Å². The molecule has 0 unspecified atom stereocenters. The standard InChI is InChI=1S/C10H7ClFNOS/c1-5-2-7(11)6(3-8(5)12)9-4-15-10(14)13-9/h2-4H,1H3,(H,13,14). The number of H-pyrrole nitrogens is 1. The molecule has 2 aromatic rings. The highest BCUT2D eigenvalue weighted by atomic mass is 35.5. The van der Waals surface area contributed by atoms with E-state index in [1.165, 1.54) is 6.07 Å². The number of thiazole rings is 1. The van der Waals surface area contributed by atoms with Crippen LogP contribution in [0.1, 0.15) is 5.56 Å². The Bertz CT molecular complexity index is 561. The predicted octanol–water partition coefficient (Wildman–Crippen LogP) is 3.20. The average molecular weight is 244 g/mol. The Balaban J connectivity index is 2.63. The molecule has 15 heavy (non-hydrogen) atoms. The average Bonchev–Trinajstić information content (AvgIpc) is 2.58. The van der Waals surface area contributed by atoms with Gasteiger partial charge in [0.25, 0.3) is 0 Å². The monoisotopic (exact) mass is 243 g/mol. The molecule has 0 bridgehead atoms. The van der Waals surface area contributed by atoms with Crippen LogP contribution in [-0.2, 0) is 0 Å². The molecule has 1 aromatic carbocycles. The number of rotatable bonds is 1. The number of nitrogens with one attached hydrogen (secondary N) is 1. The zero-order valence-corrected chi connectivity index (χ0v) is 9.38. The Labute approximate surface area is 94.3 Å². The largest absolute Gasteiger partial charge is 0.312 e. The van der Waals surface area contributed by atoms with Crippen LogP contribution in [0.4, 0.5) is 4.39 Å². The maximum atomic E-state index is 13.3. The van der Waals surface area contributed by atoms with Gasteiger partial charge in [0.2, 0.25) is 0 Å². The fourth-order valence-corrected chi connectivity index (χ4v) is 2.16. The Hall–Kier alpha value is -1.13. The van der Waals surface area contributed by atoms with Crippen molar-refractivity contribution in [3.63, 3.8) is 0 Å². The first-order valence-electron chi connectivity index (χ1n) is 4.22. The number of hydrogen-bond donors (Lipinski definition) is 1. The third kappa shape index (κ3) is 1.96.